The van der Waals surface area contributed by atoms with E-state index in [1.54, 1.807) is 28.4 Å². The fraction of sp³-hybridized carbons (Fsp3) is 0.217. The van der Waals surface area contributed by atoms with Crippen LogP contribution in [-0.4, -0.2) is 41.7 Å². The van der Waals surface area contributed by atoms with Gasteiger partial charge in [-0.15, -0.1) is 0 Å². The van der Waals surface area contributed by atoms with E-state index in [9.17, 15) is 0 Å². The maximum absolute atomic E-state index is 6.40. The highest BCUT2D eigenvalue weighted by Crippen LogP contribution is 2.37. The molecule has 0 heterocycles. The van der Waals surface area contributed by atoms with E-state index in [0.29, 0.717) is 24.7 Å². The summed E-state index contributed by atoms with van der Waals surface area (Å²) < 4.78 is 34.5. The molecule has 0 saturated heterocycles. The first kappa shape index (κ1) is 39.0. The molecule has 0 aliphatic heterocycles. The first-order chi connectivity index (χ1) is 27.2. The van der Waals surface area contributed by atoms with Gasteiger partial charge in [0, 0.05) is 34.1 Å². The zero-order valence-corrected chi connectivity index (χ0v) is 33.3. The Hall–Kier alpha value is -6.68. The molecule has 0 aliphatic carbocycles. The molecule has 6 aromatic carbocycles. The lowest BCUT2D eigenvalue weighted by molar-refractivity contribution is 0.218. The van der Waals surface area contributed by atoms with Gasteiger partial charge in [0.1, 0.15) is 47.7 Å². The molecule has 0 bridgehead atoms. The topological polar surface area (TPSA) is 104 Å². The van der Waals surface area contributed by atoms with E-state index in [1.807, 2.05) is 137 Å². The van der Waals surface area contributed by atoms with Crippen molar-refractivity contribution >= 4 is 45.5 Å². The molecule has 0 unspecified atom stereocenters. The number of nitrogens with one attached hydrogen (secondary N) is 4. The molecule has 6 rings (SSSR count). The molecule has 0 spiro atoms. The van der Waals surface area contributed by atoms with Crippen LogP contribution in [0.25, 0.3) is 0 Å². The number of methoxy groups -OCH3 is 4. The Balaban J connectivity index is 1.21. The van der Waals surface area contributed by atoms with Gasteiger partial charge in [0.15, 0.2) is 0 Å². The van der Waals surface area contributed by atoms with Gasteiger partial charge in [0.2, 0.25) is 0 Å². The monoisotopic (exact) mass is 754 g/mol. The second kappa shape index (κ2) is 18.1. The number of rotatable bonds is 17. The normalized spacial score (nSPS) is 10.6. The molecule has 56 heavy (non-hydrogen) atoms. The van der Waals surface area contributed by atoms with Crippen LogP contribution in [0.5, 0.6) is 34.5 Å². The zero-order chi connectivity index (χ0) is 39.6. The van der Waals surface area contributed by atoms with Gasteiger partial charge < -0.3 is 49.7 Å². The smallest absolute Gasteiger partial charge is 0.143 e. The van der Waals surface area contributed by atoms with Crippen molar-refractivity contribution in [2.45, 2.75) is 27.7 Å². The standard InChI is InChI=1S/C46H50N4O6/c1-29-23-35(51-5)11-15-39(29)47-33-9-19-45(43(27-33)49-41-17-13-37(53-7)25-31(41)3)55-21-22-56-46-20-10-34(48-40-16-12-36(52-6)24-30(40)2)28-44(46)50-42-18-14-38(54-8)26-32(42)4/h9-20,23-28,47-50H,21-22H2,1-8H3. The lowest BCUT2D eigenvalue weighted by Crippen LogP contribution is -2.11. The van der Waals surface area contributed by atoms with Gasteiger partial charge >= 0.3 is 0 Å². The summed E-state index contributed by atoms with van der Waals surface area (Å²) in [6.07, 6.45) is 0. The lowest BCUT2D eigenvalue weighted by atomic mass is 10.1. The second-order valence-corrected chi connectivity index (χ2v) is 13.3. The fourth-order valence-electron chi connectivity index (χ4n) is 6.18. The molecule has 0 radical (unpaired) electrons. The minimum absolute atomic E-state index is 0.298. The van der Waals surface area contributed by atoms with Gasteiger partial charge in [0.05, 0.1) is 39.8 Å². The molecule has 0 atom stereocenters. The summed E-state index contributed by atoms with van der Waals surface area (Å²) in [6, 6.07) is 35.8. The van der Waals surface area contributed by atoms with Crippen LogP contribution >= 0.6 is 0 Å². The summed E-state index contributed by atoms with van der Waals surface area (Å²) in [5.74, 6) is 4.58. The van der Waals surface area contributed by atoms with Crippen LogP contribution in [0.1, 0.15) is 22.3 Å². The third kappa shape index (κ3) is 9.70. The Labute approximate surface area is 329 Å². The Kier molecular flexibility index (Phi) is 12.6. The lowest BCUT2D eigenvalue weighted by Gasteiger charge is -2.19. The van der Waals surface area contributed by atoms with Crippen molar-refractivity contribution in [1.29, 1.82) is 0 Å². The van der Waals surface area contributed by atoms with E-state index in [2.05, 4.69) is 21.3 Å². The van der Waals surface area contributed by atoms with Gasteiger partial charge in [0.25, 0.3) is 0 Å². The van der Waals surface area contributed by atoms with Crippen molar-refractivity contribution in [1.82, 2.24) is 0 Å². The summed E-state index contributed by atoms with van der Waals surface area (Å²) >= 11 is 0. The summed E-state index contributed by atoms with van der Waals surface area (Å²) in [6.45, 7) is 8.78. The molecule has 290 valence electrons. The van der Waals surface area contributed by atoms with Crippen molar-refractivity contribution in [3.05, 3.63) is 131 Å². The number of benzene rings is 6. The van der Waals surface area contributed by atoms with Crippen LogP contribution in [0, 0.1) is 27.7 Å². The molecule has 10 heteroatoms. The molecule has 0 fully saturated rings. The van der Waals surface area contributed by atoms with E-state index < -0.39 is 0 Å². The minimum Gasteiger partial charge on any atom is -0.497 e. The van der Waals surface area contributed by atoms with Crippen LogP contribution in [0.3, 0.4) is 0 Å². The quantitative estimate of drug-likeness (QED) is 0.0673. The number of hydrogen-bond acceptors (Lipinski definition) is 10. The third-order valence-electron chi connectivity index (χ3n) is 9.39. The van der Waals surface area contributed by atoms with Gasteiger partial charge in [-0.25, -0.2) is 0 Å². The van der Waals surface area contributed by atoms with E-state index in [0.717, 1.165) is 90.8 Å². The first-order valence-electron chi connectivity index (χ1n) is 18.4. The van der Waals surface area contributed by atoms with Gasteiger partial charge in [-0.2, -0.15) is 0 Å². The average molecular weight is 755 g/mol. The maximum Gasteiger partial charge on any atom is 0.143 e. The molecule has 0 aliphatic rings. The van der Waals surface area contributed by atoms with Gasteiger partial charge in [-0.3, -0.25) is 0 Å². The SMILES string of the molecule is COc1ccc(Nc2ccc(OCCOc3ccc(Nc4ccc(OC)cc4C)cc3Nc3ccc(OC)cc3C)c(Nc3ccc(OC)cc3C)c2)c(C)c1. The largest absolute Gasteiger partial charge is 0.497 e. The van der Waals surface area contributed by atoms with Crippen molar-refractivity contribution in [2.24, 2.45) is 0 Å². The maximum atomic E-state index is 6.40. The van der Waals surface area contributed by atoms with Crippen molar-refractivity contribution in [3.8, 4) is 34.5 Å². The molecule has 0 amide bonds. The van der Waals surface area contributed by atoms with E-state index in [1.165, 1.54) is 0 Å². The molecule has 0 aromatic heterocycles. The van der Waals surface area contributed by atoms with E-state index >= 15 is 0 Å². The Morgan fingerprint density at radius 3 is 0.929 bits per heavy atom. The molecule has 6 aromatic rings. The third-order valence-corrected chi connectivity index (χ3v) is 9.39. The highest BCUT2D eigenvalue weighted by atomic mass is 16.5. The zero-order valence-electron chi connectivity index (χ0n) is 33.3. The van der Waals surface area contributed by atoms with Crippen LogP contribution in [0.15, 0.2) is 109 Å². The summed E-state index contributed by atoms with van der Waals surface area (Å²) in [5, 5.41) is 14.2. The number of anilines is 8. The summed E-state index contributed by atoms with van der Waals surface area (Å²) in [4.78, 5) is 0. The number of hydrogen-bond donors (Lipinski definition) is 4. The van der Waals surface area contributed by atoms with Crippen molar-refractivity contribution in [3.63, 3.8) is 0 Å². The predicted octanol–water partition coefficient (Wildman–Crippen LogP) is 11.4. The second-order valence-electron chi connectivity index (χ2n) is 13.3. The Bertz CT molecular complexity index is 2130. The van der Waals surface area contributed by atoms with Crippen LogP contribution in [0.4, 0.5) is 45.5 Å². The van der Waals surface area contributed by atoms with E-state index in [4.69, 9.17) is 28.4 Å². The highest BCUT2D eigenvalue weighted by molar-refractivity contribution is 5.77. The highest BCUT2D eigenvalue weighted by Gasteiger charge is 2.13. The molecular formula is C46H50N4O6. The van der Waals surface area contributed by atoms with Gasteiger partial charge in [-0.05, 0) is 159 Å². The fourth-order valence-corrected chi connectivity index (χ4v) is 6.18. The van der Waals surface area contributed by atoms with Gasteiger partial charge in [-0.1, -0.05) is 0 Å². The Morgan fingerprint density at radius 2 is 0.643 bits per heavy atom. The number of ether oxygens (including phenoxy) is 6. The Morgan fingerprint density at radius 1 is 0.339 bits per heavy atom. The summed E-state index contributed by atoms with van der Waals surface area (Å²) in [7, 11) is 6.67. The summed E-state index contributed by atoms with van der Waals surface area (Å²) in [5.41, 5.74) is 11.5. The van der Waals surface area contributed by atoms with E-state index in [-0.39, 0.29) is 0 Å². The predicted molar refractivity (Wildman–Crippen MR) is 228 cm³/mol. The first-order valence-corrected chi connectivity index (χ1v) is 18.4. The molecular weight excluding hydrogens is 705 g/mol. The molecule has 0 saturated carbocycles. The van der Waals surface area contributed by atoms with Crippen molar-refractivity contribution in [2.75, 3.05) is 62.9 Å². The van der Waals surface area contributed by atoms with Crippen LogP contribution in [0.2, 0.25) is 0 Å². The molecule has 10 nitrogen and oxygen atoms in total. The minimum atomic E-state index is 0.298. The molecule has 4 N–H and O–H groups in total. The van der Waals surface area contributed by atoms with Crippen molar-refractivity contribution < 1.29 is 28.4 Å². The average Bonchev–Trinajstić information content (AvgIpc) is 3.20. The number of aryl methyl sites for hydroxylation is 4. The van der Waals surface area contributed by atoms with Crippen LogP contribution < -0.4 is 49.7 Å². The van der Waals surface area contributed by atoms with Crippen LogP contribution in [-0.2, 0) is 0 Å².